The maximum absolute atomic E-state index is 4.49. The smallest absolute Gasteiger partial charge is 0.0644 e. The van der Waals surface area contributed by atoms with Gasteiger partial charge in [-0.25, -0.2) is 0 Å². The van der Waals surface area contributed by atoms with Crippen LogP contribution in [0, 0.1) is 20.8 Å². The molecule has 0 aliphatic carbocycles. The van der Waals surface area contributed by atoms with E-state index in [9.17, 15) is 0 Å². The summed E-state index contributed by atoms with van der Waals surface area (Å²) in [5, 5.41) is 8.15. The largest absolute Gasteiger partial charge is 0.306 e. The van der Waals surface area contributed by atoms with Crippen molar-refractivity contribution in [3.8, 4) is 0 Å². The van der Waals surface area contributed by atoms with Crippen LogP contribution >= 0.6 is 0 Å². The first-order valence-electron chi connectivity index (χ1n) is 7.33. The fraction of sp³-hybridized carbons (Fsp3) is 0.471. The van der Waals surface area contributed by atoms with E-state index in [1.807, 2.05) is 11.7 Å². The minimum Gasteiger partial charge on any atom is -0.306 e. The number of nitrogens with one attached hydrogen (secondary N) is 1. The number of hydrogen-bond acceptors (Lipinski definition) is 2. The summed E-state index contributed by atoms with van der Waals surface area (Å²) in [5.74, 6) is 0. The van der Waals surface area contributed by atoms with Crippen molar-refractivity contribution < 1.29 is 0 Å². The number of benzene rings is 1. The van der Waals surface area contributed by atoms with E-state index in [0.29, 0.717) is 0 Å². The zero-order valence-corrected chi connectivity index (χ0v) is 13.2. The van der Waals surface area contributed by atoms with E-state index >= 15 is 0 Å². The highest BCUT2D eigenvalue weighted by molar-refractivity contribution is 5.39. The van der Waals surface area contributed by atoms with Crippen LogP contribution in [0.15, 0.2) is 24.4 Å². The Labute approximate surface area is 122 Å². The maximum Gasteiger partial charge on any atom is 0.0644 e. The summed E-state index contributed by atoms with van der Waals surface area (Å²) in [4.78, 5) is 0. The third kappa shape index (κ3) is 3.10. The molecule has 108 valence electrons. The lowest BCUT2D eigenvalue weighted by molar-refractivity contribution is 0.593. The van der Waals surface area contributed by atoms with Crippen LogP contribution in [0.2, 0.25) is 0 Å². The fourth-order valence-corrected chi connectivity index (χ4v) is 2.73. The molecule has 0 aliphatic heterocycles. The number of aromatic nitrogens is 2. The Balaban J connectivity index is 2.44. The van der Waals surface area contributed by atoms with Crippen molar-refractivity contribution in [2.75, 3.05) is 6.54 Å². The van der Waals surface area contributed by atoms with Gasteiger partial charge in [0.15, 0.2) is 0 Å². The fourth-order valence-electron chi connectivity index (χ4n) is 2.73. The van der Waals surface area contributed by atoms with Crippen LogP contribution in [0.25, 0.3) is 0 Å². The van der Waals surface area contributed by atoms with Crippen molar-refractivity contribution in [3.63, 3.8) is 0 Å². The predicted octanol–water partition coefficient (Wildman–Crippen LogP) is 3.43. The van der Waals surface area contributed by atoms with Crippen LogP contribution in [0.1, 0.15) is 47.3 Å². The first kappa shape index (κ1) is 14.8. The van der Waals surface area contributed by atoms with Gasteiger partial charge in [0.25, 0.3) is 0 Å². The highest BCUT2D eigenvalue weighted by atomic mass is 15.3. The molecule has 3 heteroatoms. The lowest BCUT2D eigenvalue weighted by atomic mass is 9.94. The van der Waals surface area contributed by atoms with Crippen LogP contribution in [0.3, 0.4) is 0 Å². The van der Waals surface area contributed by atoms with Gasteiger partial charge in [0.05, 0.1) is 11.7 Å². The van der Waals surface area contributed by atoms with Gasteiger partial charge in [0, 0.05) is 18.8 Å². The van der Waals surface area contributed by atoms with Gasteiger partial charge in [-0.3, -0.25) is 4.68 Å². The number of nitrogens with zero attached hydrogens (tertiary/aromatic N) is 2. The Kier molecular flexibility index (Phi) is 4.61. The molecular weight excluding hydrogens is 246 g/mol. The van der Waals surface area contributed by atoms with Gasteiger partial charge in [-0.1, -0.05) is 30.7 Å². The average Bonchev–Trinajstić information content (AvgIpc) is 2.71. The Morgan fingerprint density at radius 3 is 2.50 bits per heavy atom. The Hall–Kier alpha value is -1.61. The van der Waals surface area contributed by atoms with Crippen molar-refractivity contribution in [1.29, 1.82) is 0 Å². The van der Waals surface area contributed by atoms with Crippen LogP contribution < -0.4 is 5.32 Å². The van der Waals surface area contributed by atoms with Crippen molar-refractivity contribution in [2.24, 2.45) is 7.05 Å². The summed E-state index contributed by atoms with van der Waals surface area (Å²) in [5.41, 5.74) is 6.36. The summed E-state index contributed by atoms with van der Waals surface area (Å²) in [7, 11) is 1.98. The lowest BCUT2D eigenvalue weighted by Crippen LogP contribution is -2.24. The molecular formula is C17H25N3. The third-order valence-electron chi connectivity index (χ3n) is 3.70. The summed E-state index contributed by atoms with van der Waals surface area (Å²) in [6, 6.07) is 6.91. The second-order valence-electron chi connectivity index (χ2n) is 5.59. The molecule has 0 aliphatic rings. The molecule has 2 rings (SSSR count). The second-order valence-corrected chi connectivity index (χ2v) is 5.59. The minimum atomic E-state index is 0.226. The van der Waals surface area contributed by atoms with E-state index in [1.54, 1.807) is 0 Å². The molecule has 1 aromatic carbocycles. The normalized spacial score (nSPS) is 12.7. The highest BCUT2D eigenvalue weighted by Gasteiger charge is 2.19. The van der Waals surface area contributed by atoms with Crippen LogP contribution in [-0.4, -0.2) is 16.3 Å². The molecule has 0 amide bonds. The van der Waals surface area contributed by atoms with E-state index in [4.69, 9.17) is 0 Å². The van der Waals surface area contributed by atoms with E-state index in [1.165, 1.54) is 22.3 Å². The zero-order valence-electron chi connectivity index (χ0n) is 13.2. The van der Waals surface area contributed by atoms with Gasteiger partial charge in [-0.15, -0.1) is 0 Å². The van der Waals surface area contributed by atoms with Crippen molar-refractivity contribution >= 4 is 0 Å². The molecule has 2 aromatic rings. The first-order valence-corrected chi connectivity index (χ1v) is 7.33. The Bertz CT molecular complexity index is 584. The summed E-state index contributed by atoms with van der Waals surface area (Å²) in [6.07, 6.45) is 3.25. The summed E-state index contributed by atoms with van der Waals surface area (Å²) < 4.78 is 1.90. The molecule has 1 atom stereocenters. The van der Waals surface area contributed by atoms with Gasteiger partial charge >= 0.3 is 0 Å². The van der Waals surface area contributed by atoms with Crippen molar-refractivity contribution in [3.05, 3.63) is 52.3 Å². The molecule has 1 N–H and O–H groups in total. The van der Waals surface area contributed by atoms with Crippen molar-refractivity contribution in [1.82, 2.24) is 15.1 Å². The van der Waals surface area contributed by atoms with Gasteiger partial charge in [-0.2, -0.15) is 5.10 Å². The molecule has 0 saturated heterocycles. The van der Waals surface area contributed by atoms with E-state index in [0.717, 1.165) is 18.7 Å². The summed E-state index contributed by atoms with van der Waals surface area (Å²) in [6.45, 7) is 9.61. The monoisotopic (exact) mass is 271 g/mol. The van der Waals surface area contributed by atoms with Gasteiger partial charge in [0.2, 0.25) is 0 Å². The SMILES string of the molecule is CCCNC(c1ccc(C)cc1C)c1cn(C)nc1C. The maximum atomic E-state index is 4.49. The number of aryl methyl sites for hydroxylation is 4. The third-order valence-corrected chi connectivity index (χ3v) is 3.70. The number of hydrogen-bond donors (Lipinski definition) is 1. The molecule has 0 radical (unpaired) electrons. The molecule has 20 heavy (non-hydrogen) atoms. The second kappa shape index (κ2) is 6.23. The van der Waals surface area contributed by atoms with E-state index in [2.05, 4.69) is 62.5 Å². The topological polar surface area (TPSA) is 29.9 Å². The number of rotatable bonds is 5. The molecule has 0 saturated carbocycles. The molecule has 0 spiro atoms. The molecule has 1 unspecified atom stereocenters. The lowest BCUT2D eigenvalue weighted by Gasteiger charge is -2.21. The minimum absolute atomic E-state index is 0.226. The van der Waals surface area contributed by atoms with Crippen LogP contribution in [-0.2, 0) is 7.05 Å². The van der Waals surface area contributed by atoms with Gasteiger partial charge < -0.3 is 5.32 Å². The van der Waals surface area contributed by atoms with Crippen LogP contribution in [0.5, 0.6) is 0 Å². The quantitative estimate of drug-likeness (QED) is 0.903. The highest BCUT2D eigenvalue weighted by Crippen LogP contribution is 2.27. The van der Waals surface area contributed by atoms with E-state index < -0.39 is 0 Å². The molecule has 1 aromatic heterocycles. The molecule has 3 nitrogen and oxygen atoms in total. The van der Waals surface area contributed by atoms with Crippen molar-refractivity contribution in [2.45, 2.75) is 40.2 Å². The average molecular weight is 271 g/mol. The Morgan fingerprint density at radius 2 is 1.95 bits per heavy atom. The van der Waals surface area contributed by atoms with Gasteiger partial charge in [-0.05, 0) is 44.9 Å². The van der Waals surface area contributed by atoms with Gasteiger partial charge in [0.1, 0.15) is 0 Å². The molecule has 1 heterocycles. The standard InChI is InChI=1S/C17H25N3/c1-6-9-18-17(16-11-20(5)19-14(16)4)15-8-7-12(2)10-13(15)3/h7-8,10-11,17-18H,6,9H2,1-5H3. The summed E-state index contributed by atoms with van der Waals surface area (Å²) >= 11 is 0. The zero-order chi connectivity index (χ0) is 14.7. The van der Waals surface area contributed by atoms with Crippen LogP contribution in [0.4, 0.5) is 0 Å². The van der Waals surface area contributed by atoms with E-state index in [-0.39, 0.29) is 6.04 Å². The molecule has 0 bridgehead atoms. The first-order chi connectivity index (χ1) is 9.52. The Morgan fingerprint density at radius 1 is 1.20 bits per heavy atom. The molecule has 0 fully saturated rings. The predicted molar refractivity (Wildman–Crippen MR) is 84.0 cm³/mol.